The Kier molecular flexibility index (Phi) is 104. The molecule has 3 heteroatoms. The Morgan fingerprint density at radius 2 is 1.22 bits per heavy atom. The van der Waals surface area contributed by atoms with E-state index in [1.165, 1.54) is 0 Å². The quantitative estimate of drug-likeness (QED) is 0.410. The van der Waals surface area contributed by atoms with E-state index in [9.17, 15) is 0 Å². The monoisotopic (exact) mass is 167 g/mol. The fraction of sp³-hybridized carbons (Fsp3) is 0.500. The number of hydrogen-bond acceptors (Lipinski definition) is 2. The Morgan fingerprint density at radius 1 is 1.22 bits per heavy atom. The third-order valence-electron chi connectivity index (χ3n) is 0. The molecule has 0 amide bonds. The van der Waals surface area contributed by atoms with Gasteiger partial charge in [-0.1, -0.05) is 6.92 Å². The molecule has 0 atom stereocenters. The fourth-order valence-electron chi connectivity index (χ4n) is 0. The number of rotatable bonds is 0. The average Bonchev–Trinajstić information content (AvgIpc) is 1.75. The van der Waals surface area contributed by atoms with Gasteiger partial charge in [0.15, 0.2) is 0 Å². The van der Waals surface area contributed by atoms with Gasteiger partial charge in [-0.05, 0) is 0 Å². The van der Waals surface area contributed by atoms with Gasteiger partial charge in [0.1, 0.15) is 0 Å². The van der Waals surface area contributed by atoms with Gasteiger partial charge in [0.2, 0.25) is 0 Å². The van der Waals surface area contributed by atoms with Gasteiger partial charge in [-0.25, -0.2) is 19.1 Å². The summed E-state index contributed by atoms with van der Waals surface area (Å²) in [5.41, 5.74) is 0.917. The van der Waals surface area contributed by atoms with Crippen molar-refractivity contribution in [2.24, 2.45) is 0 Å². The van der Waals surface area contributed by atoms with Crippen molar-refractivity contribution in [3.05, 3.63) is 19.1 Å². The molecule has 0 aliphatic carbocycles. The van der Waals surface area contributed by atoms with Gasteiger partial charge in [-0.2, -0.15) is 0 Å². The second kappa shape index (κ2) is 41.1. The molecule has 0 radical (unpaired) electrons. The van der Waals surface area contributed by atoms with Crippen molar-refractivity contribution in [1.29, 1.82) is 0 Å². The van der Waals surface area contributed by atoms with Gasteiger partial charge in [-0.3, -0.25) is 0 Å². The summed E-state index contributed by atoms with van der Waals surface area (Å²) in [7, 11) is 2.00. The molecule has 2 nitrogen and oxygen atoms in total. The van der Waals surface area contributed by atoms with E-state index in [0.29, 0.717) is 0 Å². The zero-order valence-electron chi connectivity index (χ0n) is 6.31. The van der Waals surface area contributed by atoms with Crippen molar-refractivity contribution in [3.8, 4) is 0 Å². The van der Waals surface area contributed by atoms with Crippen LogP contribution in [0.2, 0.25) is 0 Å². The van der Waals surface area contributed by atoms with Crippen molar-refractivity contribution in [2.45, 2.75) is 6.92 Å². The summed E-state index contributed by atoms with van der Waals surface area (Å²) < 4.78 is 0. The standard InChI is InChI=1S/C4H7.2CH4O.Ti/c1-4(2)3;2*1-2;/h1-2H2,3H3;2*2H,1H3;/q-1;;;. The first-order valence-electron chi connectivity index (χ1n) is 2.10. The summed E-state index contributed by atoms with van der Waals surface area (Å²) in [6.07, 6.45) is 0. The molecule has 0 rings (SSSR count). The summed E-state index contributed by atoms with van der Waals surface area (Å²) in [5.74, 6) is 0. The summed E-state index contributed by atoms with van der Waals surface area (Å²) >= 11 is 0. The van der Waals surface area contributed by atoms with Crippen LogP contribution in [0.4, 0.5) is 0 Å². The van der Waals surface area contributed by atoms with Crippen LogP contribution in [0, 0.1) is 6.92 Å². The molecule has 0 heterocycles. The van der Waals surface area contributed by atoms with Gasteiger partial charge < -0.3 is 10.2 Å². The zero-order chi connectivity index (χ0) is 7.58. The predicted molar refractivity (Wildman–Crippen MR) is 36.5 cm³/mol. The van der Waals surface area contributed by atoms with Gasteiger partial charge in [0.05, 0.1) is 0 Å². The number of allylic oxidation sites excluding steroid dienone is 1. The molecule has 56 valence electrons. The van der Waals surface area contributed by atoms with E-state index in [2.05, 4.69) is 13.5 Å². The van der Waals surface area contributed by atoms with Crippen LogP contribution in [-0.2, 0) is 21.7 Å². The van der Waals surface area contributed by atoms with Gasteiger partial charge in [-0.15, -0.1) is 0 Å². The number of hydrogen-bond donors (Lipinski definition) is 2. The molecule has 0 aliphatic heterocycles. The van der Waals surface area contributed by atoms with Gasteiger partial charge >= 0.3 is 0 Å². The van der Waals surface area contributed by atoms with E-state index in [0.717, 1.165) is 19.8 Å². The van der Waals surface area contributed by atoms with Crippen LogP contribution in [0.15, 0.2) is 12.2 Å². The van der Waals surface area contributed by atoms with Crippen LogP contribution >= 0.6 is 0 Å². The molecule has 0 unspecified atom stereocenters. The summed E-state index contributed by atoms with van der Waals surface area (Å²) in [6, 6.07) is 0. The largest absolute Gasteiger partial charge is 0.400 e. The van der Waals surface area contributed by atoms with Crippen LogP contribution in [-0.4, -0.2) is 24.4 Å². The second-order valence-electron chi connectivity index (χ2n) is 0.957. The van der Waals surface area contributed by atoms with Crippen LogP contribution < -0.4 is 0 Å². The SMILES string of the molecule is C=C([CH2-])C.CO.CO.[Ti]. The Hall–Kier alpha value is 0.244. The van der Waals surface area contributed by atoms with E-state index in [1.807, 2.05) is 6.92 Å². The third kappa shape index (κ3) is 5390. The maximum absolute atomic E-state index is 7.00. The predicted octanol–water partition coefficient (Wildman–Crippen LogP) is 0.611. The first-order valence-corrected chi connectivity index (χ1v) is 2.10. The molecule has 0 aromatic heterocycles. The minimum absolute atomic E-state index is 0. The molecule has 0 fully saturated rings. The smallest absolute Gasteiger partial charge is 0.0319 e. The number of aliphatic hydroxyl groups is 2. The fourth-order valence-corrected chi connectivity index (χ4v) is 0. The minimum Gasteiger partial charge on any atom is -0.400 e. The normalized spacial score (nSPS) is 4.11. The molecular formula is C6H15O2Ti-. The van der Waals surface area contributed by atoms with Crippen molar-refractivity contribution in [1.82, 2.24) is 0 Å². The minimum atomic E-state index is 0. The van der Waals surface area contributed by atoms with Crippen LogP contribution in [0.1, 0.15) is 6.92 Å². The van der Waals surface area contributed by atoms with Crippen molar-refractivity contribution < 1.29 is 31.9 Å². The zero-order valence-corrected chi connectivity index (χ0v) is 7.87. The maximum Gasteiger partial charge on any atom is 0.0319 e. The molecule has 0 aromatic rings. The molecule has 0 aliphatic rings. The van der Waals surface area contributed by atoms with Crippen LogP contribution in [0.3, 0.4) is 0 Å². The van der Waals surface area contributed by atoms with E-state index in [4.69, 9.17) is 10.2 Å². The third-order valence-corrected chi connectivity index (χ3v) is 0. The second-order valence-corrected chi connectivity index (χ2v) is 0.957. The summed E-state index contributed by atoms with van der Waals surface area (Å²) in [5, 5.41) is 14.0. The molecule has 0 spiro atoms. The van der Waals surface area contributed by atoms with E-state index in [-0.39, 0.29) is 21.7 Å². The van der Waals surface area contributed by atoms with E-state index < -0.39 is 0 Å². The molecule has 9 heavy (non-hydrogen) atoms. The average molecular weight is 167 g/mol. The molecule has 0 aromatic carbocycles. The molecule has 0 bridgehead atoms. The molecular weight excluding hydrogens is 152 g/mol. The Balaban J connectivity index is -0.0000000221. The van der Waals surface area contributed by atoms with E-state index in [1.54, 1.807) is 0 Å². The topological polar surface area (TPSA) is 40.5 Å². The Bertz CT molecular complexity index is 34.0. The Morgan fingerprint density at radius 3 is 1.22 bits per heavy atom. The summed E-state index contributed by atoms with van der Waals surface area (Å²) in [6.45, 7) is 8.75. The Labute approximate surface area is 72.5 Å². The molecule has 0 saturated carbocycles. The molecule has 0 saturated heterocycles. The molecule has 2 N–H and O–H groups in total. The van der Waals surface area contributed by atoms with Crippen molar-refractivity contribution in [3.63, 3.8) is 0 Å². The van der Waals surface area contributed by atoms with Crippen LogP contribution in [0.25, 0.3) is 0 Å². The number of aliphatic hydroxyl groups excluding tert-OH is 2. The van der Waals surface area contributed by atoms with Gasteiger partial charge in [0, 0.05) is 35.9 Å². The van der Waals surface area contributed by atoms with Crippen molar-refractivity contribution >= 4 is 0 Å². The van der Waals surface area contributed by atoms with E-state index >= 15 is 0 Å². The van der Waals surface area contributed by atoms with Crippen LogP contribution in [0.5, 0.6) is 0 Å². The first kappa shape index (κ1) is 22.8. The first-order chi connectivity index (χ1) is 3.73. The summed E-state index contributed by atoms with van der Waals surface area (Å²) in [4.78, 5) is 0. The maximum atomic E-state index is 7.00. The van der Waals surface area contributed by atoms with Crippen molar-refractivity contribution in [2.75, 3.05) is 14.2 Å². The van der Waals surface area contributed by atoms with Gasteiger partial charge in [0.25, 0.3) is 0 Å².